The average Bonchev–Trinajstić information content (AvgIpc) is 4.15. The number of imidazole rings is 2. The second-order valence-corrected chi connectivity index (χ2v) is 16.0. The summed E-state index contributed by atoms with van der Waals surface area (Å²) in [5, 5.41) is 9.48. The van der Waals surface area contributed by atoms with Crippen LogP contribution < -0.4 is 9.47 Å². The Hall–Kier alpha value is -7.48. The third kappa shape index (κ3) is 9.17. The van der Waals surface area contributed by atoms with E-state index in [1.165, 1.54) is 24.3 Å². The van der Waals surface area contributed by atoms with Gasteiger partial charge in [-0.25, -0.2) is 38.1 Å². The highest BCUT2D eigenvalue weighted by Gasteiger charge is 2.25. The summed E-state index contributed by atoms with van der Waals surface area (Å²) in [6.45, 7) is 3.91. The van der Waals surface area contributed by atoms with Gasteiger partial charge in [0, 0.05) is 25.2 Å². The highest BCUT2D eigenvalue weighted by Crippen LogP contribution is 2.32. The van der Waals surface area contributed by atoms with Crippen molar-refractivity contribution in [2.24, 2.45) is 0 Å². The first-order valence-electron chi connectivity index (χ1n) is 21.4. The highest BCUT2D eigenvalue weighted by molar-refractivity contribution is 5.70. The number of aryl methyl sites for hydroxylation is 4. The number of hydrogen-bond donors (Lipinski definition) is 0. The summed E-state index contributed by atoms with van der Waals surface area (Å²) in [6.07, 6.45) is 21.1. The van der Waals surface area contributed by atoms with E-state index in [4.69, 9.17) is 29.6 Å². The van der Waals surface area contributed by atoms with Crippen LogP contribution in [0.3, 0.4) is 0 Å². The topological polar surface area (TPSA) is 116 Å². The molecule has 2 aliphatic rings. The molecule has 0 aliphatic carbocycles. The van der Waals surface area contributed by atoms with Crippen LogP contribution in [0.15, 0.2) is 110 Å². The first-order valence-corrected chi connectivity index (χ1v) is 21.4. The standard InChI is InChI=1S/2C25H24FN5O/c2*1-17-15-30(16-27-17)22-12-6-18(14-23(22)32-2)7-13-24-28-25-5-3-4-21(31(25)29-24)19-8-10-20(26)11-9-19/h2*6-16,21H,3-5H2,1-2H3/b2*13-7+/t2*21-/m10/s1. The van der Waals surface area contributed by atoms with E-state index >= 15 is 0 Å². The third-order valence-electron chi connectivity index (χ3n) is 11.5. The van der Waals surface area contributed by atoms with Crippen LogP contribution >= 0.6 is 0 Å². The minimum atomic E-state index is -0.225. The monoisotopic (exact) mass is 858 g/mol. The van der Waals surface area contributed by atoms with Crippen molar-refractivity contribution in [1.82, 2.24) is 48.6 Å². The highest BCUT2D eigenvalue weighted by atomic mass is 19.1. The SMILES string of the molecule is COc1cc(/C=C/c2nc3n(n2)[C@@H](c2ccc(F)cc2)CCC3)ccc1-n1cnc(C)c1.COc1cc(/C=C/c2nc3n(n2)[C@H](c2ccc(F)cc2)CCC3)ccc1-n1cnc(C)c1. The Bertz CT molecular complexity index is 2740. The summed E-state index contributed by atoms with van der Waals surface area (Å²) in [5.41, 5.74) is 7.86. The predicted molar refractivity (Wildman–Crippen MR) is 243 cm³/mol. The lowest BCUT2D eigenvalue weighted by Gasteiger charge is -2.23. The molecule has 14 heteroatoms. The Labute approximate surface area is 370 Å². The van der Waals surface area contributed by atoms with Gasteiger partial charge in [0.2, 0.25) is 0 Å². The molecular weight excluding hydrogens is 811 g/mol. The fraction of sp³-hybridized carbons (Fsp3) is 0.240. The molecule has 0 saturated heterocycles. The van der Waals surface area contributed by atoms with Crippen LogP contribution in [-0.4, -0.2) is 62.9 Å². The second kappa shape index (κ2) is 18.5. The molecule has 4 aromatic heterocycles. The van der Waals surface area contributed by atoms with E-state index < -0.39 is 0 Å². The van der Waals surface area contributed by atoms with Gasteiger partial charge in [-0.1, -0.05) is 48.6 Å². The number of halogens is 2. The molecule has 8 aromatic rings. The number of methoxy groups -OCH3 is 2. The van der Waals surface area contributed by atoms with E-state index in [0.29, 0.717) is 11.6 Å². The van der Waals surface area contributed by atoms with E-state index in [1.54, 1.807) is 26.9 Å². The van der Waals surface area contributed by atoms with Crippen LogP contribution in [0.4, 0.5) is 8.78 Å². The third-order valence-corrected chi connectivity index (χ3v) is 11.5. The maximum atomic E-state index is 13.3. The summed E-state index contributed by atoms with van der Waals surface area (Å²) in [4.78, 5) is 18.0. The van der Waals surface area contributed by atoms with Gasteiger partial charge in [0.05, 0.1) is 61.7 Å². The maximum absolute atomic E-state index is 13.3. The summed E-state index contributed by atoms with van der Waals surface area (Å²) < 4.78 is 45.7. The molecule has 64 heavy (non-hydrogen) atoms. The molecule has 2 aliphatic heterocycles. The van der Waals surface area contributed by atoms with Gasteiger partial charge in [0.25, 0.3) is 0 Å². The van der Waals surface area contributed by atoms with Crippen molar-refractivity contribution >= 4 is 24.3 Å². The van der Waals surface area contributed by atoms with Gasteiger partial charge in [-0.2, -0.15) is 10.2 Å². The first kappa shape index (κ1) is 41.9. The van der Waals surface area contributed by atoms with E-state index in [2.05, 4.69) is 9.97 Å². The summed E-state index contributed by atoms with van der Waals surface area (Å²) in [7, 11) is 3.33. The maximum Gasteiger partial charge on any atom is 0.174 e. The van der Waals surface area contributed by atoms with E-state index in [0.717, 1.165) is 107 Å². The minimum Gasteiger partial charge on any atom is -0.495 e. The molecule has 2 atom stereocenters. The number of aromatic nitrogens is 10. The molecule has 0 fully saturated rings. The van der Waals surface area contributed by atoms with Crippen LogP contribution in [0.2, 0.25) is 0 Å². The van der Waals surface area contributed by atoms with Gasteiger partial charge in [-0.3, -0.25) is 0 Å². The van der Waals surface area contributed by atoms with E-state index in [9.17, 15) is 8.78 Å². The molecule has 12 nitrogen and oxygen atoms in total. The second-order valence-electron chi connectivity index (χ2n) is 16.0. The van der Waals surface area contributed by atoms with Crippen LogP contribution in [0.25, 0.3) is 35.7 Å². The molecule has 0 unspecified atom stereocenters. The zero-order valence-electron chi connectivity index (χ0n) is 36.1. The van der Waals surface area contributed by atoms with Crippen molar-refractivity contribution in [3.05, 3.63) is 179 Å². The van der Waals surface area contributed by atoms with Gasteiger partial charge in [-0.05, 0) is 122 Å². The lowest BCUT2D eigenvalue weighted by atomic mass is 9.98. The molecule has 0 N–H and O–H groups in total. The lowest BCUT2D eigenvalue weighted by molar-refractivity contribution is 0.411. The molecule has 324 valence electrons. The first-order chi connectivity index (χ1) is 31.2. The van der Waals surface area contributed by atoms with Crippen LogP contribution in [-0.2, 0) is 12.8 Å². The Morgan fingerprint density at radius 2 is 0.984 bits per heavy atom. The lowest BCUT2D eigenvalue weighted by Crippen LogP contribution is -2.20. The van der Waals surface area contributed by atoms with Crippen molar-refractivity contribution in [2.75, 3.05) is 14.2 Å². The van der Waals surface area contributed by atoms with Crippen molar-refractivity contribution in [2.45, 2.75) is 64.5 Å². The van der Waals surface area contributed by atoms with Crippen LogP contribution in [0, 0.1) is 25.5 Å². The molecule has 0 spiro atoms. The number of nitrogens with zero attached hydrogens (tertiary/aromatic N) is 10. The van der Waals surface area contributed by atoms with Gasteiger partial charge in [-0.15, -0.1) is 0 Å². The molecule has 0 saturated carbocycles. The summed E-state index contributed by atoms with van der Waals surface area (Å²) in [5.74, 6) is 4.34. The Morgan fingerprint density at radius 3 is 1.36 bits per heavy atom. The molecular formula is C50H48F2N10O2. The average molecular weight is 859 g/mol. The predicted octanol–water partition coefficient (Wildman–Crippen LogP) is 10.0. The summed E-state index contributed by atoms with van der Waals surface area (Å²) >= 11 is 0. The van der Waals surface area contributed by atoms with Gasteiger partial charge in [0.15, 0.2) is 11.6 Å². The molecule has 4 aromatic carbocycles. The molecule has 10 rings (SSSR count). The number of ether oxygens (including phenoxy) is 2. The number of benzene rings is 4. The fourth-order valence-electron chi connectivity index (χ4n) is 8.34. The molecule has 0 amide bonds. The number of hydrogen-bond acceptors (Lipinski definition) is 8. The van der Waals surface area contributed by atoms with Gasteiger partial charge < -0.3 is 18.6 Å². The quantitative estimate of drug-likeness (QED) is 0.134. The number of fused-ring (bicyclic) bond motifs is 2. The van der Waals surface area contributed by atoms with Crippen molar-refractivity contribution in [3.63, 3.8) is 0 Å². The van der Waals surface area contributed by atoms with Crippen LogP contribution in [0.1, 0.15) is 94.7 Å². The van der Waals surface area contributed by atoms with Gasteiger partial charge in [0.1, 0.15) is 34.8 Å². The smallest absolute Gasteiger partial charge is 0.174 e. The van der Waals surface area contributed by atoms with Crippen molar-refractivity contribution in [3.8, 4) is 22.9 Å². The van der Waals surface area contributed by atoms with Gasteiger partial charge >= 0.3 is 0 Å². The summed E-state index contributed by atoms with van der Waals surface area (Å²) in [6, 6.07) is 25.6. The molecule has 6 heterocycles. The Balaban J connectivity index is 0.000000162. The van der Waals surface area contributed by atoms with E-state index in [1.807, 2.05) is 130 Å². The zero-order chi connectivity index (χ0) is 44.2. The van der Waals surface area contributed by atoms with Crippen LogP contribution in [0.5, 0.6) is 11.5 Å². The fourth-order valence-corrected chi connectivity index (χ4v) is 8.34. The van der Waals surface area contributed by atoms with E-state index in [-0.39, 0.29) is 23.7 Å². The Kier molecular flexibility index (Phi) is 12.1. The molecule has 0 radical (unpaired) electrons. The zero-order valence-corrected chi connectivity index (χ0v) is 36.1. The normalized spacial score (nSPS) is 15.8. The minimum absolute atomic E-state index is 0.0898. The Morgan fingerprint density at radius 1 is 0.562 bits per heavy atom. The largest absolute Gasteiger partial charge is 0.495 e. The van der Waals surface area contributed by atoms with Crippen molar-refractivity contribution < 1.29 is 18.3 Å². The number of rotatable bonds is 10. The van der Waals surface area contributed by atoms with Crippen molar-refractivity contribution in [1.29, 1.82) is 0 Å². The molecule has 0 bridgehead atoms.